The van der Waals surface area contributed by atoms with E-state index >= 15 is 0 Å². The number of nitrogens with zero attached hydrogens (tertiary/aromatic N) is 1. The van der Waals surface area contributed by atoms with Gasteiger partial charge in [-0.3, -0.25) is 4.79 Å². The van der Waals surface area contributed by atoms with Gasteiger partial charge in [0.1, 0.15) is 6.07 Å². The first-order chi connectivity index (χ1) is 6.63. The van der Waals surface area contributed by atoms with Crippen molar-refractivity contribution in [2.75, 3.05) is 0 Å². The van der Waals surface area contributed by atoms with E-state index < -0.39 is 0 Å². The lowest BCUT2D eigenvalue weighted by Crippen LogP contribution is -1.92. The van der Waals surface area contributed by atoms with Gasteiger partial charge in [-0.15, -0.1) is 0 Å². The first-order valence-electron chi connectivity index (χ1n) is 4.02. The number of carbonyl (C=O) groups is 1. The smallest absolute Gasteiger partial charge is 0.170 e. The van der Waals surface area contributed by atoms with E-state index in [1.807, 2.05) is 6.07 Å². The Labute approximate surface area is 87.4 Å². The van der Waals surface area contributed by atoms with E-state index in [1.165, 1.54) is 6.92 Å². The van der Waals surface area contributed by atoms with Gasteiger partial charge in [-0.05, 0) is 30.7 Å². The minimum atomic E-state index is -0.234. The summed E-state index contributed by atoms with van der Waals surface area (Å²) in [6.07, 6.45) is 1.54. The standard InChI is InChI=1S/C11H8ClNO/c1-8(14)10(7-13)6-9-2-4-11(12)5-3-9/h2-6H,1H3/b10-6+. The molecule has 0 aliphatic rings. The molecule has 1 rings (SSSR count). The fraction of sp³-hybridized carbons (Fsp3) is 0.0909. The van der Waals surface area contributed by atoms with E-state index in [4.69, 9.17) is 16.9 Å². The largest absolute Gasteiger partial charge is 0.294 e. The van der Waals surface area contributed by atoms with Crippen LogP contribution in [-0.4, -0.2) is 5.78 Å². The molecule has 0 atom stereocenters. The SMILES string of the molecule is CC(=O)/C(C#N)=C/c1ccc(Cl)cc1. The van der Waals surface area contributed by atoms with Crippen molar-refractivity contribution >= 4 is 23.5 Å². The predicted molar refractivity (Wildman–Crippen MR) is 55.7 cm³/mol. The van der Waals surface area contributed by atoms with Crippen molar-refractivity contribution in [2.45, 2.75) is 6.92 Å². The Balaban J connectivity index is 3.03. The molecule has 0 aliphatic carbocycles. The number of ketones is 1. The summed E-state index contributed by atoms with van der Waals surface area (Å²) in [6.45, 7) is 1.37. The van der Waals surface area contributed by atoms with Crippen molar-refractivity contribution in [2.24, 2.45) is 0 Å². The van der Waals surface area contributed by atoms with Crippen LogP contribution in [0.4, 0.5) is 0 Å². The zero-order valence-electron chi connectivity index (χ0n) is 7.62. The number of Topliss-reactive ketones (excluding diaryl/α,β-unsaturated/α-hetero) is 1. The second-order valence-electron chi connectivity index (χ2n) is 2.78. The molecular formula is C11H8ClNO. The minimum Gasteiger partial charge on any atom is -0.294 e. The quantitative estimate of drug-likeness (QED) is 0.550. The second-order valence-corrected chi connectivity index (χ2v) is 3.21. The van der Waals surface area contributed by atoms with E-state index in [9.17, 15) is 4.79 Å². The fourth-order valence-electron chi connectivity index (χ4n) is 0.938. The van der Waals surface area contributed by atoms with Crippen molar-refractivity contribution in [1.82, 2.24) is 0 Å². The summed E-state index contributed by atoms with van der Waals surface area (Å²) in [6, 6.07) is 8.77. The lowest BCUT2D eigenvalue weighted by atomic mass is 10.1. The third-order valence-corrected chi connectivity index (χ3v) is 1.93. The summed E-state index contributed by atoms with van der Waals surface area (Å²) >= 11 is 5.69. The van der Waals surface area contributed by atoms with Crippen LogP contribution in [0.25, 0.3) is 6.08 Å². The molecule has 3 heteroatoms. The summed E-state index contributed by atoms with van der Waals surface area (Å²) in [5.74, 6) is -0.234. The van der Waals surface area contributed by atoms with Gasteiger partial charge in [0.05, 0.1) is 5.57 Å². The first-order valence-corrected chi connectivity index (χ1v) is 4.39. The van der Waals surface area contributed by atoms with Crippen molar-refractivity contribution < 1.29 is 4.79 Å². The molecular weight excluding hydrogens is 198 g/mol. The van der Waals surface area contributed by atoms with E-state index in [-0.39, 0.29) is 11.4 Å². The number of benzene rings is 1. The minimum absolute atomic E-state index is 0.146. The lowest BCUT2D eigenvalue weighted by molar-refractivity contribution is -0.113. The van der Waals surface area contributed by atoms with Crippen molar-refractivity contribution in [3.05, 3.63) is 40.4 Å². The molecule has 0 saturated carbocycles. The predicted octanol–water partition coefficient (Wildman–Crippen LogP) is 2.84. The Kier molecular flexibility index (Phi) is 3.44. The van der Waals surface area contributed by atoms with Crippen LogP contribution < -0.4 is 0 Å². The Morgan fingerprint density at radius 3 is 2.43 bits per heavy atom. The van der Waals surface area contributed by atoms with E-state index in [0.29, 0.717) is 5.02 Å². The zero-order chi connectivity index (χ0) is 10.6. The van der Waals surface area contributed by atoms with Gasteiger partial charge in [0.2, 0.25) is 0 Å². The molecule has 0 heterocycles. The van der Waals surface area contributed by atoms with Crippen LogP contribution >= 0.6 is 11.6 Å². The average molecular weight is 206 g/mol. The summed E-state index contributed by atoms with van der Waals surface area (Å²) in [5.41, 5.74) is 0.938. The highest BCUT2D eigenvalue weighted by molar-refractivity contribution is 6.30. The number of allylic oxidation sites excluding steroid dienone is 1. The summed E-state index contributed by atoms with van der Waals surface area (Å²) in [7, 11) is 0. The zero-order valence-corrected chi connectivity index (χ0v) is 8.38. The molecule has 1 aromatic carbocycles. The van der Waals surface area contributed by atoms with Crippen molar-refractivity contribution in [3.63, 3.8) is 0 Å². The number of rotatable bonds is 2. The van der Waals surface area contributed by atoms with Gasteiger partial charge in [0, 0.05) is 5.02 Å². The van der Waals surface area contributed by atoms with Crippen LogP contribution in [0.1, 0.15) is 12.5 Å². The van der Waals surface area contributed by atoms with Gasteiger partial charge in [-0.1, -0.05) is 23.7 Å². The molecule has 0 radical (unpaired) electrons. The van der Waals surface area contributed by atoms with E-state index in [1.54, 1.807) is 30.3 Å². The van der Waals surface area contributed by atoms with Gasteiger partial charge in [0.25, 0.3) is 0 Å². The Morgan fingerprint density at radius 2 is 2.00 bits per heavy atom. The number of hydrogen-bond donors (Lipinski definition) is 0. The number of hydrogen-bond acceptors (Lipinski definition) is 2. The van der Waals surface area contributed by atoms with E-state index in [0.717, 1.165) is 5.56 Å². The van der Waals surface area contributed by atoms with Gasteiger partial charge >= 0.3 is 0 Å². The molecule has 14 heavy (non-hydrogen) atoms. The van der Waals surface area contributed by atoms with Crippen LogP contribution in [0.3, 0.4) is 0 Å². The molecule has 0 N–H and O–H groups in total. The third kappa shape index (κ3) is 2.72. The van der Waals surface area contributed by atoms with Gasteiger partial charge in [-0.25, -0.2) is 0 Å². The van der Waals surface area contributed by atoms with Crippen LogP contribution in [-0.2, 0) is 4.79 Å². The first kappa shape index (κ1) is 10.5. The molecule has 0 amide bonds. The summed E-state index contributed by atoms with van der Waals surface area (Å²) in [4.78, 5) is 10.9. The molecule has 0 saturated heterocycles. The van der Waals surface area contributed by atoms with Crippen LogP contribution in [0.5, 0.6) is 0 Å². The molecule has 1 aromatic rings. The second kappa shape index (κ2) is 4.59. The van der Waals surface area contributed by atoms with Crippen LogP contribution in [0, 0.1) is 11.3 Å². The van der Waals surface area contributed by atoms with Crippen molar-refractivity contribution in [1.29, 1.82) is 5.26 Å². The summed E-state index contributed by atoms with van der Waals surface area (Å²) < 4.78 is 0. The maximum absolute atomic E-state index is 10.9. The molecule has 0 fully saturated rings. The van der Waals surface area contributed by atoms with Crippen LogP contribution in [0.2, 0.25) is 5.02 Å². The molecule has 0 unspecified atom stereocenters. The number of nitriles is 1. The molecule has 0 spiro atoms. The topological polar surface area (TPSA) is 40.9 Å². The molecule has 2 nitrogen and oxygen atoms in total. The van der Waals surface area contributed by atoms with Gasteiger partial charge < -0.3 is 0 Å². The fourth-order valence-corrected chi connectivity index (χ4v) is 1.06. The van der Waals surface area contributed by atoms with Gasteiger partial charge in [-0.2, -0.15) is 5.26 Å². The van der Waals surface area contributed by atoms with Crippen molar-refractivity contribution in [3.8, 4) is 6.07 Å². The normalized spacial score (nSPS) is 10.8. The van der Waals surface area contributed by atoms with Crippen LogP contribution in [0.15, 0.2) is 29.8 Å². The highest BCUT2D eigenvalue weighted by Crippen LogP contribution is 2.12. The highest BCUT2D eigenvalue weighted by atomic mass is 35.5. The molecule has 0 aromatic heterocycles. The highest BCUT2D eigenvalue weighted by Gasteiger charge is 2.01. The number of carbonyl (C=O) groups excluding carboxylic acids is 1. The Bertz CT molecular complexity index is 412. The average Bonchev–Trinajstić information content (AvgIpc) is 2.16. The van der Waals surface area contributed by atoms with Gasteiger partial charge in [0.15, 0.2) is 5.78 Å². The molecule has 70 valence electrons. The third-order valence-electron chi connectivity index (χ3n) is 1.68. The Hall–Kier alpha value is -1.59. The Morgan fingerprint density at radius 1 is 1.43 bits per heavy atom. The summed E-state index contributed by atoms with van der Waals surface area (Å²) in [5, 5.41) is 9.28. The van der Waals surface area contributed by atoms with E-state index in [2.05, 4.69) is 0 Å². The molecule has 0 bridgehead atoms. The number of halogens is 1. The maximum atomic E-state index is 10.9. The maximum Gasteiger partial charge on any atom is 0.170 e. The monoisotopic (exact) mass is 205 g/mol. The lowest BCUT2D eigenvalue weighted by Gasteiger charge is -1.94. The molecule has 0 aliphatic heterocycles.